The van der Waals surface area contributed by atoms with Crippen LogP contribution in [0.3, 0.4) is 0 Å². The SMILES string of the molecule is O=BOc1cc(C(F)(F)F)cc(C(OCC(F)(F)F)(C(F)(F)F)C(F)(F)F)c1. The molecule has 0 heterocycles. The molecule has 0 atom stereocenters. The molecule has 1 aromatic carbocycles. The van der Waals surface area contributed by atoms with Crippen molar-refractivity contribution < 1.29 is 66.8 Å². The zero-order chi connectivity index (χ0) is 22.2. The second-order valence-corrected chi connectivity index (χ2v) is 5.04. The van der Waals surface area contributed by atoms with Crippen LogP contribution >= 0.6 is 0 Å². The maximum atomic E-state index is 13.3. The summed E-state index contributed by atoms with van der Waals surface area (Å²) in [6.45, 7) is -3.09. The quantitative estimate of drug-likeness (QED) is 0.485. The molecule has 0 aliphatic rings. The van der Waals surface area contributed by atoms with Gasteiger partial charge in [-0.05, 0) is 0 Å². The third-order valence-corrected chi connectivity index (χ3v) is 3.08. The molecule has 1 aromatic rings. The fourth-order valence-electron chi connectivity index (χ4n) is 2.01. The zero-order valence-corrected chi connectivity index (χ0v) is 12.8. The Kier molecular flexibility index (Phi) is 6.39. The van der Waals surface area contributed by atoms with Crippen LogP contribution in [0.25, 0.3) is 0 Å². The molecule has 0 fully saturated rings. The minimum atomic E-state index is -6.68. The molecule has 0 N–H and O–H groups in total. The van der Waals surface area contributed by atoms with Crippen LogP contribution in [-0.2, 0) is 21.2 Å². The van der Waals surface area contributed by atoms with Crippen LogP contribution < -0.4 is 4.65 Å². The third-order valence-electron chi connectivity index (χ3n) is 3.08. The van der Waals surface area contributed by atoms with Gasteiger partial charge in [-0.15, -0.1) is 0 Å². The molecule has 0 amide bonds. The Hall–Kier alpha value is -2.00. The summed E-state index contributed by atoms with van der Waals surface area (Å²) >= 11 is 0. The van der Waals surface area contributed by atoms with Crippen LogP contribution in [0.15, 0.2) is 18.2 Å². The van der Waals surface area contributed by atoms with Crippen LogP contribution in [0.4, 0.5) is 52.7 Å². The first kappa shape index (κ1) is 24.0. The number of hydrogen-bond donors (Lipinski definition) is 0. The van der Waals surface area contributed by atoms with Crippen LogP contribution in [0.2, 0.25) is 0 Å². The molecule has 28 heavy (non-hydrogen) atoms. The molecular weight excluding hydrogens is 431 g/mol. The van der Waals surface area contributed by atoms with E-state index in [-0.39, 0.29) is 12.1 Å². The Balaban J connectivity index is 3.87. The standard InChI is InChI=1S/C12H5BF12O3/c14-8(15,16)4-27-9(11(20,21)22,12(23,24)25)5-1-6(10(17,18)19)3-7(2-5)28-13-26/h1-3H,4H2. The van der Waals surface area contributed by atoms with Gasteiger partial charge in [-0.1, -0.05) is 0 Å². The molecule has 0 aliphatic carbocycles. The van der Waals surface area contributed by atoms with Crippen molar-refractivity contribution >= 4 is 7.35 Å². The summed E-state index contributed by atoms with van der Waals surface area (Å²) in [5.41, 5.74) is -10.4. The van der Waals surface area contributed by atoms with Crippen molar-refractivity contribution in [2.75, 3.05) is 6.61 Å². The normalized spacial score (nSPS) is 14.0. The molecule has 0 unspecified atom stereocenters. The molecule has 1 rings (SSSR count). The van der Waals surface area contributed by atoms with Crippen LogP contribution in [0.1, 0.15) is 11.1 Å². The van der Waals surface area contributed by atoms with E-state index < -0.39 is 67.2 Å². The first-order valence-corrected chi connectivity index (χ1v) is 6.52. The van der Waals surface area contributed by atoms with Crippen molar-refractivity contribution in [2.45, 2.75) is 30.3 Å². The van der Waals surface area contributed by atoms with E-state index in [0.717, 1.165) is 0 Å². The average Bonchev–Trinajstić information content (AvgIpc) is 2.42. The van der Waals surface area contributed by atoms with Gasteiger partial charge in [0.25, 0.3) is 0 Å². The molecular formula is C12H5BF12O3. The van der Waals surface area contributed by atoms with Crippen molar-refractivity contribution in [3.8, 4) is 5.75 Å². The molecule has 0 saturated carbocycles. The van der Waals surface area contributed by atoms with Gasteiger partial charge < -0.3 is 0 Å². The summed E-state index contributed by atoms with van der Waals surface area (Å²) in [6, 6.07) is -1.16. The summed E-state index contributed by atoms with van der Waals surface area (Å²) in [5.74, 6) is -1.44. The van der Waals surface area contributed by atoms with E-state index in [1.165, 1.54) is 0 Å². The summed E-state index contributed by atoms with van der Waals surface area (Å²) in [5, 5.41) is 0. The van der Waals surface area contributed by atoms with Gasteiger partial charge in [-0.3, -0.25) is 0 Å². The Labute approximate surface area is 147 Å². The van der Waals surface area contributed by atoms with Gasteiger partial charge >= 0.3 is 146 Å². The first-order chi connectivity index (χ1) is 12.3. The number of halogens is 12. The second-order valence-electron chi connectivity index (χ2n) is 5.04. The van der Waals surface area contributed by atoms with Crippen molar-refractivity contribution in [1.82, 2.24) is 0 Å². The number of hydrogen-bond acceptors (Lipinski definition) is 3. The van der Waals surface area contributed by atoms with Gasteiger partial charge in [0.05, 0.1) is 0 Å². The van der Waals surface area contributed by atoms with Gasteiger partial charge in [-0.2, -0.15) is 0 Å². The topological polar surface area (TPSA) is 35.5 Å². The first-order valence-electron chi connectivity index (χ1n) is 6.52. The second kappa shape index (κ2) is 7.44. The number of benzene rings is 1. The third kappa shape index (κ3) is 5.08. The van der Waals surface area contributed by atoms with Crippen LogP contribution in [0.5, 0.6) is 5.75 Å². The van der Waals surface area contributed by atoms with E-state index in [2.05, 4.69) is 9.39 Å². The predicted octanol–water partition coefficient (Wildman–Crippen LogP) is 4.95. The molecule has 0 aliphatic heterocycles. The fraction of sp³-hybridized carbons (Fsp3) is 0.500. The van der Waals surface area contributed by atoms with Gasteiger partial charge in [-0.25, -0.2) is 0 Å². The van der Waals surface area contributed by atoms with E-state index in [1.807, 2.05) is 0 Å². The van der Waals surface area contributed by atoms with Crippen molar-refractivity contribution in [1.29, 1.82) is 0 Å². The minimum absolute atomic E-state index is 0.126. The van der Waals surface area contributed by atoms with E-state index in [4.69, 9.17) is 0 Å². The van der Waals surface area contributed by atoms with E-state index >= 15 is 0 Å². The van der Waals surface area contributed by atoms with E-state index in [0.29, 0.717) is 0 Å². The monoisotopic (exact) mass is 436 g/mol. The van der Waals surface area contributed by atoms with E-state index in [9.17, 15) is 57.4 Å². The number of rotatable bonds is 5. The molecule has 16 heteroatoms. The van der Waals surface area contributed by atoms with Crippen LogP contribution in [0, 0.1) is 0 Å². The van der Waals surface area contributed by atoms with Crippen molar-refractivity contribution in [2.24, 2.45) is 0 Å². The summed E-state index contributed by atoms with van der Waals surface area (Å²) in [7, 11) is -0.612. The molecule has 0 saturated heterocycles. The van der Waals surface area contributed by atoms with Crippen molar-refractivity contribution in [3.05, 3.63) is 29.3 Å². The fourth-order valence-corrected chi connectivity index (χ4v) is 2.01. The van der Waals surface area contributed by atoms with Gasteiger partial charge in [0.2, 0.25) is 0 Å². The number of alkyl halides is 12. The summed E-state index contributed by atoms with van der Waals surface area (Å²) in [6.07, 6.45) is -24.6. The molecule has 0 radical (unpaired) electrons. The zero-order valence-electron chi connectivity index (χ0n) is 12.8. The average molecular weight is 436 g/mol. The molecule has 3 nitrogen and oxygen atoms in total. The Morgan fingerprint density at radius 3 is 1.57 bits per heavy atom. The Bertz CT molecular complexity index is 690. The molecule has 0 aromatic heterocycles. The predicted molar refractivity (Wildman–Crippen MR) is 64.3 cm³/mol. The molecule has 0 bridgehead atoms. The van der Waals surface area contributed by atoms with Gasteiger partial charge in [0.15, 0.2) is 0 Å². The van der Waals surface area contributed by atoms with Gasteiger partial charge in [0, 0.05) is 0 Å². The van der Waals surface area contributed by atoms with Crippen molar-refractivity contribution in [3.63, 3.8) is 0 Å². The van der Waals surface area contributed by atoms with Gasteiger partial charge in [0.1, 0.15) is 0 Å². The summed E-state index contributed by atoms with van der Waals surface area (Å²) in [4.78, 5) is 0. The van der Waals surface area contributed by atoms with Crippen LogP contribution in [-0.4, -0.2) is 32.5 Å². The molecule has 0 spiro atoms. The summed E-state index contributed by atoms with van der Waals surface area (Å²) < 4.78 is 172. The Morgan fingerprint density at radius 2 is 1.21 bits per heavy atom. The Morgan fingerprint density at radius 1 is 0.750 bits per heavy atom. The molecule has 158 valence electrons. The van der Waals surface area contributed by atoms with E-state index in [1.54, 1.807) is 0 Å². The maximum absolute atomic E-state index is 13.3. The number of ether oxygens (including phenoxy) is 1.